The SMILES string of the molecule is COc1cc([C@@H]2c3c(oc4ccccc4c3=O)C(=O)N2Cc2ccc(F)cc2)cc(Br)c1O. The molecule has 0 unspecified atom stereocenters. The smallest absolute Gasteiger partial charge is 0.291 e. The topological polar surface area (TPSA) is 80.0 Å². The molecule has 5 rings (SSSR count). The summed E-state index contributed by atoms with van der Waals surface area (Å²) in [7, 11) is 1.41. The lowest BCUT2D eigenvalue weighted by atomic mass is 9.97. The van der Waals surface area contributed by atoms with Crippen LogP contribution in [0.3, 0.4) is 0 Å². The van der Waals surface area contributed by atoms with Crippen LogP contribution in [0.5, 0.6) is 11.5 Å². The minimum absolute atomic E-state index is 0.0334. The number of para-hydroxylation sites is 1. The molecule has 0 saturated heterocycles. The van der Waals surface area contributed by atoms with Crippen molar-refractivity contribution in [1.82, 2.24) is 4.90 Å². The molecule has 0 spiro atoms. The van der Waals surface area contributed by atoms with E-state index in [9.17, 15) is 19.1 Å². The number of hydrogen-bond acceptors (Lipinski definition) is 5. The monoisotopic (exact) mass is 509 g/mol. The van der Waals surface area contributed by atoms with E-state index in [1.54, 1.807) is 48.5 Å². The first-order valence-corrected chi connectivity index (χ1v) is 10.9. The van der Waals surface area contributed by atoms with E-state index in [1.165, 1.54) is 24.1 Å². The molecule has 0 bridgehead atoms. The summed E-state index contributed by atoms with van der Waals surface area (Å²) < 4.78 is 25.0. The van der Waals surface area contributed by atoms with Gasteiger partial charge in [0.2, 0.25) is 5.76 Å². The van der Waals surface area contributed by atoms with Crippen molar-refractivity contribution in [2.24, 2.45) is 0 Å². The fraction of sp³-hybridized carbons (Fsp3) is 0.120. The van der Waals surface area contributed by atoms with E-state index in [0.29, 0.717) is 26.6 Å². The van der Waals surface area contributed by atoms with Crippen molar-refractivity contribution in [3.05, 3.63) is 104 Å². The Morgan fingerprint density at radius 2 is 1.85 bits per heavy atom. The molecule has 166 valence electrons. The second-order valence-corrected chi connectivity index (χ2v) is 8.54. The molecule has 1 atom stereocenters. The van der Waals surface area contributed by atoms with Gasteiger partial charge in [0.1, 0.15) is 11.4 Å². The van der Waals surface area contributed by atoms with Crippen molar-refractivity contribution < 1.29 is 23.4 Å². The number of ether oxygens (including phenoxy) is 1. The second-order valence-electron chi connectivity index (χ2n) is 7.69. The number of aromatic hydroxyl groups is 1. The molecular weight excluding hydrogens is 493 g/mol. The van der Waals surface area contributed by atoms with Gasteiger partial charge in [-0.15, -0.1) is 0 Å². The molecule has 1 amide bonds. The van der Waals surface area contributed by atoms with Crippen LogP contribution in [0.25, 0.3) is 11.0 Å². The summed E-state index contributed by atoms with van der Waals surface area (Å²) in [4.78, 5) is 28.5. The lowest BCUT2D eigenvalue weighted by Gasteiger charge is -2.26. The van der Waals surface area contributed by atoms with Crippen LogP contribution >= 0.6 is 15.9 Å². The Balaban J connectivity index is 1.75. The highest BCUT2D eigenvalue weighted by Gasteiger charge is 2.43. The summed E-state index contributed by atoms with van der Waals surface area (Å²) in [5.41, 5.74) is 1.45. The minimum Gasteiger partial charge on any atom is -0.503 e. The number of carbonyl (C=O) groups excluding carboxylic acids is 1. The molecule has 0 aliphatic carbocycles. The molecule has 4 aromatic rings. The van der Waals surface area contributed by atoms with E-state index < -0.39 is 11.9 Å². The lowest BCUT2D eigenvalue weighted by molar-refractivity contribution is 0.0714. The number of hydrogen-bond donors (Lipinski definition) is 1. The van der Waals surface area contributed by atoms with Crippen LogP contribution in [0.4, 0.5) is 4.39 Å². The molecule has 1 N–H and O–H groups in total. The number of nitrogens with zero attached hydrogens (tertiary/aromatic N) is 1. The predicted octanol–water partition coefficient (Wildman–Crippen LogP) is 5.15. The van der Waals surface area contributed by atoms with Crippen LogP contribution in [0, 0.1) is 5.82 Å². The molecule has 8 heteroatoms. The van der Waals surface area contributed by atoms with Crippen molar-refractivity contribution in [3.8, 4) is 11.5 Å². The maximum atomic E-state index is 13.5. The summed E-state index contributed by atoms with van der Waals surface area (Å²) in [5.74, 6) is -0.783. The molecule has 0 radical (unpaired) electrons. The van der Waals surface area contributed by atoms with Crippen molar-refractivity contribution in [2.45, 2.75) is 12.6 Å². The molecule has 2 heterocycles. The standard InChI is InChI=1S/C25H17BrFNO5/c1-32-19-11-14(10-17(26)23(19)30)21-20-22(29)16-4-2-3-5-18(16)33-24(20)25(31)28(21)12-13-6-8-15(27)9-7-13/h2-11,21,30H,12H2,1H3/t21-/m1/s1. The third-order valence-electron chi connectivity index (χ3n) is 5.73. The van der Waals surface area contributed by atoms with E-state index in [0.717, 1.165) is 0 Å². The van der Waals surface area contributed by atoms with Gasteiger partial charge < -0.3 is 19.2 Å². The van der Waals surface area contributed by atoms with Crippen LogP contribution in [-0.4, -0.2) is 23.0 Å². The van der Waals surface area contributed by atoms with Gasteiger partial charge in [0.05, 0.1) is 28.6 Å². The fourth-order valence-electron chi connectivity index (χ4n) is 4.17. The van der Waals surface area contributed by atoms with Gasteiger partial charge in [0.25, 0.3) is 5.91 Å². The Kier molecular flexibility index (Phi) is 5.17. The van der Waals surface area contributed by atoms with Crippen LogP contribution in [0.2, 0.25) is 0 Å². The normalized spacial score (nSPS) is 15.2. The second kappa shape index (κ2) is 8.04. The van der Waals surface area contributed by atoms with Gasteiger partial charge >= 0.3 is 0 Å². The van der Waals surface area contributed by atoms with Gasteiger partial charge in [-0.1, -0.05) is 24.3 Å². The Morgan fingerprint density at radius 1 is 1.12 bits per heavy atom. The van der Waals surface area contributed by atoms with Gasteiger partial charge in [-0.05, 0) is 63.5 Å². The van der Waals surface area contributed by atoms with E-state index >= 15 is 0 Å². The number of amides is 1. The third kappa shape index (κ3) is 3.47. The Bertz CT molecular complexity index is 1460. The quantitative estimate of drug-likeness (QED) is 0.411. The average Bonchev–Trinajstić information content (AvgIpc) is 3.09. The van der Waals surface area contributed by atoms with E-state index in [4.69, 9.17) is 9.15 Å². The molecule has 6 nitrogen and oxygen atoms in total. The number of rotatable bonds is 4. The molecule has 3 aromatic carbocycles. The molecule has 33 heavy (non-hydrogen) atoms. The van der Waals surface area contributed by atoms with Gasteiger partial charge in [0.15, 0.2) is 16.9 Å². The van der Waals surface area contributed by atoms with Crippen molar-refractivity contribution >= 4 is 32.8 Å². The summed E-state index contributed by atoms with van der Waals surface area (Å²) in [6, 6.07) is 15.0. The Morgan fingerprint density at radius 3 is 2.58 bits per heavy atom. The third-order valence-corrected chi connectivity index (χ3v) is 6.33. The maximum absolute atomic E-state index is 13.5. The summed E-state index contributed by atoms with van der Waals surface area (Å²) in [6.45, 7) is 0.116. The molecular formula is C25H17BrFNO5. The predicted molar refractivity (Wildman–Crippen MR) is 123 cm³/mol. The van der Waals surface area contributed by atoms with Gasteiger partial charge in [-0.3, -0.25) is 9.59 Å². The molecule has 1 aromatic heterocycles. The average molecular weight is 510 g/mol. The van der Waals surface area contributed by atoms with Crippen LogP contribution < -0.4 is 10.2 Å². The zero-order chi connectivity index (χ0) is 23.3. The van der Waals surface area contributed by atoms with Crippen LogP contribution in [-0.2, 0) is 6.54 Å². The Labute approximate surface area is 196 Å². The first-order valence-electron chi connectivity index (χ1n) is 10.1. The van der Waals surface area contributed by atoms with Gasteiger partial charge in [-0.25, -0.2) is 4.39 Å². The van der Waals surface area contributed by atoms with Crippen LogP contribution in [0.15, 0.2) is 74.3 Å². The van der Waals surface area contributed by atoms with Crippen molar-refractivity contribution in [3.63, 3.8) is 0 Å². The van der Waals surface area contributed by atoms with E-state index in [1.807, 2.05) is 0 Å². The number of halogens is 2. The van der Waals surface area contributed by atoms with Gasteiger partial charge in [0, 0.05) is 6.54 Å². The molecule has 1 aliphatic rings. The highest BCUT2D eigenvalue weighted by Crippen LogP contribution is 2.44. The number of methoxy groups -OCH3 is 1. The molecule has 1 aliphatic heterocycles. The fourth-order valence-corrected chi connectivity index (χ4v) is 4.63. The molecule has 0 fully saturated rings. The van der Waals surface area contributed by atoms with Crippen molar-refractivity contribution in [2.75, 3.05) is 7.11 Å². The summed E-state index contributed by atoms with van der Waals surface area (Å²) >= 11 is 3.32. The zero-order valence-electron chi connectivity index (χ0n) is 17.3. The van der Waals surface area contributed by atoms with Crippen LogP contribution in [0.1, 0.15) is 33.3 Å². The first-order chi connectivity index (χ1) is 15.9. The van der Waals surface area contributed by atoms with Gasteiger partial charge in [-0.2, -0.15) is 0 Å². The number of phenols is 1. The number of benzene rings is 3. The maximum Gasteiger partial charge on any atom is 0.291 e. The first kappa shape index (κ1) is 21.2. The largest absolute Gasteiger partial charge is 0.503 e. The summed E-state index contributed by atoms with van der Waals surface area (Å²) in [5, 5.41) is 10.6. The number of carbonyl (C=O) groups is 1. The summed E-state index contributed by atoms with van der Waals surface area (Å²) in [6.07, 6.45) is 0. The minimum atomic E-state index is -0.802. The van der Waals surface area contributed by atoms with E-state index in [2.05, 4.69) is 15.9 Å². The lowest BCUT2D eigenvalue weighted by Crippen LogP contribution is -2.29. The molecule has 0 saturated carbocycles. The van der Waals surface area contributed by atoms with Crippen molar-refractivity contribution in [1.29, 1.82) is 0 Å². The number of phenolic OH excluding ortho intramolecular Hbond substituents is 1. The van der Waals surface area contributed by atoms with E-state index in [-0.39, 0.29) is 40.6 Å². The highest BCUT2D eigenvalue weighted by molar-refractivity contribution is 9.10. The zero-order valence-corrected chi connectivity index (χ0v) is 18.9. The highest BCUT2D eigenvalue weighted by atomic mass is 79.9. The Hall–Kier alpha value is -3.65. The number of fused-ring (bicyclic) bond motifs is 2.